The Hall–Kier alpha value is -3.82. The molecule has 0 radical (unpaired) electrons. The van der Waals surface area contributed by atoms with E-state index in [0.717, 1.165) is 22.7 Å². The number of ketones is 1. The number of Topliss-reactive ketones (excluding diaryl/α,β-unsaturated/α-hetero) is 1. The van der Waals surface area contributed by atoms with Crippen molar-refractivity contribution >= 4 is 40.7 Å². The summed E-state index contributed by atoms with van der Waals surface area (Å²) in [5, 5.41) is 6.38. The summed E-state index contributed by atoms with van der Waals surface area (Å²) in [6, 6.07) is 5.51. The van der Waals surface area contributed by atoms with Crippen LogP contribution in [0.5, 0.6) is 0 Å². The topological polar surface area (TPSA) is 157 Å². The van der Waals surface area contributed by atoms with Gasteiger partial charge in [-0.3, -0.25) is 19.3 Å². The van der Waals surface area contributed by atoms with E-state index in [4.69, 9.17) is 10.3 Å². The van der Waals surface area contributed by atoms with E-state index >= 15 is 0 Å². The van der Waals surface area contributed by atoms with Gasteiger partial charge in [-0.1, -0.05) is 32.0 Å². The van der Waals surface area contributed by atoms with Gasteiger partial charge in [0.15, 0.2) is 0 Å². The molecule has 0 spiro atoms. The molecule has 0 fully saturated rings. The zero-order chi connectivity index (χ0) is 27.4. The van der Waals surface area contributed by atoms with Crippen LogP contribution in [0.4, 0.5) is 0 Å². The summed E-state index contributed by atoms with van der Waals surface area (Å²) in [4.78, 5) is 58.5. The van der Waals surface area contributed by atoms with E-state index < -0.39 is 35.8 Å². The Kier molecular flexibility index (Phi) is 11.7. The minimum absolute atomic E-state index is 0.0602. The lowest BCUT2D eigenvalue weighted by Gasteiger charge is -2.24. The van der Waals surface area contributed by atoms with Crippen LogP contribution in [0.25, 0.3) is 16.4 Å². The minimum atomic E-state index is -1.13. The number of esters is 1. The van der Waals surface area contributed by atoms with E-state index in [-0.39, 0.29) is 31.7 Å². The SMILES string of the molecule is CCN(CC)CC(=O)N[C@@H](Cc1c[nH]c2ccccc12)C(=O)N[C@@H](CCC(=O)C=[N+]=[N-])C(=O)OC(C)C. The molecule has 2 atom stereocenters. The highest BCUT2D eigenvalue weighted by atomic mass is 16.5. The highest BCUT2D eigenvalue weighted by molar-refractivity contribution is 6.25. The maximum atomic E-state index is 13.4. The maximum Gasteiger partial charge on any atom is 0.328 e. The first kappa shape index (κ1) is 29.4. The maximum absolute atomic E-state index is 13.4. The predicted octanol–water partition coefficient (Wildman–Crippen LogP) is 1.62. The van der Waals surface area contributed by atoms with Crippen LogP contribution in [0.1, 0.15) is 46.1 Å². The number of benzene rings is 1. The smallest absolute Gasteiger partial charge is 0.328 e. The summed E-state index contributed by atoms with van der Waals surface area (Å²) in [6.45, 7) is 8.72. The van der Waals surface area contributed by atoms with Crippen LogP contribution in [-0.4, -0.2) is 82.3 Å². The summed E-state index contributed by atoms with van der Waals surface area (Å²) in [5.41, 5.74) is 10.3. The van der Waals surface area contributed by atoms with E-state index in [2.05, 4.69) is 20.4 Å². The highest BCUT2D eigenvalue weighted by Gasteiger charge is 2.29. The number of nitrogens with zero attached hydrogens (tertiary/aromatic N) is 3. The van der Waals surface area contributed by atoms with Gasteiger partial charge in [0.1, 0.15) is 12.1 Å². The molecule has 2 amide bonds. The summed E-state index contributed by atoms with van der Waals surface area (Å²) in [5.74, 6) is -2.11. The van der Waals surface area contributed by atoms with Crippen LogP contribution >= 0.6 is 0 Å². The fourth-order valence-corrected chi connectivity index (χ4v) is 3.87. The van der Waals surface area contributed by atoms with E-state index in [9.17, 15) is 19.2 Å². The quantitative estimate of drug-likeness (QED) is 0.142. The minimum Gasteiger partial charge on any atom is -0.461 e. The van der Waals surface area contributed by atoms with E-state index in [1.54, 1.807) is 20.0 Å². The summed E-state index contributed by atoms with van der Waals surface area (Å²) in [7, 11) is 0. The van der Waals surface area contributed by atoms with Crippen molar-refractivity contribution in [1.82, 2.24) is 20.5 Å². The Balaban J connectivity index is 2.27. The Labute approximate surface area is 216 Å². The molecule has 0 bridgehead atoms. The standard InChI is InChI=1S/C26H36N6O5/c1-5-32(6-2)16-24(34)30-23(13-18-14-28-21-10-8-7-9-20(18)21)25(35)31-22(26(36)37-17(3)4)12-11-19(33)15-29-27/h7-10,14-15,17,22-23,28H,5-6,11-13,16H2,1-4H3,(H,30,34)(H,31,35)/t22-,23-/m0/s1. The second-order valence-electron chi connectivity index (χ2n) is 8.94. The van der Waals surface area contributed by atoms with Gasteiger partial charge in [-0.05, 0) is 45.0 Å². The molecular weight excluding hydrogens is 476 g/mol. The Morgan fingerprint density at radius 1 is 1.11 bits per heavy atom. The number of ether oxygens (including phenoxy) is 1. The molecule has 1 aromatic heterocycles. The summed E-state index contributed by atoms with van der Waals surface area (Å²) in [6.07, 6.45) is 2.07. The molecular formula is C26H36N6O5. The van der Waals surface area contributed by atoms with E-state index in [0.29, 0.717) is 13.1 Å². The molecule has 0 aliphatic heterocycles. The van der Waals surface area contributed by atoms with Crippen molar-refractivity contribution in [2.24, 2.45) is 0 Å². The molecule has 1 heterocycles. The first-order valence-corrected chi connectivity index (χ1v) is 12.5. The predicted molar refractivity (Wildman–Crippen MR) is 139 cm³/mol. The lowest BCUT2D eigenvalue weighted by atomic mass is 10.0. The highest BCUT2D eigenvalue weighted by Crippen LogP contribution is 2.19. The second kappa shape index (κ2) is 14.7. The third-order valence-electron chi connectivity index (χ3n) is 5.85. The molecule has 1 aromatic carbocycles. The molecule has 37 heavy (non-hydrogen) atoms. The molecule has 0 unspecified atom stereocenters. The Morgan fingerprint density at radius 2 is 1.81 bits per heavy atom. The molecule has 2 rings (SSSR count). The van der Waals surface area contributed by atoms with Crippen LogP contribution in [0.15, 0.2) is 30.5 Å². The number of rotatable bonds is 15. The number of hydrogen-bond acceptors (Lipinski definition) is 6. The molecule has 0 aliphatic rings. The fraction of sp³-hybridized carbons (Fsp3) is 0.500. The average molecular weight is 513 g/mol. The van der Waals surface area contributed by atoms with Gasteiger partial charge in [0.25, 0.3) is 0 Å². The third kappa shape index (κ3) is 9.29. The fourth-order valence-electron chi connectivity index (χ4n) is 3.87. The van der Waals surface area contributed by atoms with Gasteiger partial charge in [-0.15, -0.1) is 0 Å². The lowest BCUT2D eigenvalue weighted by molar-refractivity contribution is -0.152. The molecule has 200 valence electrons. The lowest BCUT2D eigenvalue weighted by Crippen LogP contribution is -2.54. The van der Waals surface area contributed by atoms with E-state index in [1.807, 2.05) is 43.0 Å². The number of amides is 2. The molecule has 0 saturated heterocycles. The molecule has 3 N–H and O–H groups in total. The van der Waals surface area contributed by atoms with Crippen molar-refractivity contribution in [2.45, 2.75) is 65.1 Å². The third-order valence-corrected chi connectivity index (χ3v) is 5.85. The number of para-hydroxylation sites is 1. The molecule has 0 aliphatic carbocycles. The van der Waals surface area contributed by atoms with Crippen LogP contribution in [-0.2, 0) is 30.3 Å². The normalized spacial score (nSPS) is 12.6. The van der Waals surface area contributed by atoms with Gasteiger partial charge in [0.2, 0.25) is 17.6 Å². The number of aromatic amines is 1. The van der Waals surface area contributed by atoms with Crippen molar-refractivity contribution in [1.29, 1.82) is 0 Å². The zero-order valence-corrected chi connectivity index (χ0v) is 21.8. The van der Waals surface area contributed by atoms with Gasteiger partial charge in [0.05, 0.1) is 12.6 Å². The second-order valence-corrected chi connectivity index (χ2v) is 8.94. The number of likely N-dealkylation sites (N-methyl/N-ethyl adjacent to an activating group) is 1. The van der Waals surface area contributed by atoms with Crippen LogP contribution in [0.2, 0.25) is 0 Å². The van der Waals surface area contributed by atoms with Crippen LogP contribution < -0.4 is 10.6 Å². The molecule has 11 heteroatoms. The number of aromatic nitrogens is 1. The molecule has 2 aromatic rings. The largest absolute Gasteiger partial charge is 0.461 e. The van der Waals surface area contributed by atoms with Gasteiger partial charge in [-0.2, -0.15) is 4.79 Å². The van der Waals surface area contributed by atoms with Crippen LogP contribution in [0, 0.1) is 0 Å². The van der Waals surface area contributed by atoms with Crippen molar-refractivity contribution < 1.29 is 28.7 Å². The Morgan fingerprint density at radius 3 is 2.46 bits per heavy atom. The zero-order valence-electron chi connectivity index (χ0n) is 21.8. The van der Waals surface area contributed by atoms with Crippen LogP contribution in [0.3, 0.4) is 0 Å². The van der Waals surface area contributed by atoms with Crippen molar-refractivity contribution in [2.75, 3.05) is 19.6 Å². The van der Waals surface area contributed by atoms with Gasteiger partial charge in [0, 0.05) is 29.9 Å². The number of carbonyl (C=O) groups is 4. The summed E-state index contributed by atoms with van der Waals surface area (Å²) < 4.78 is 5.26. The number of H-pyrrole nitrogens is 1. The number of nitrogens with one attached hydrogen (secondary N) is 3. The first-order chi connectivity index (χ1) is 17.7. The summed E-state index contributed by atoms with van der Waals surface area (Å²) >= 11 is 0. The molecule has 0 saturated carbocycles. The number of fused-ring (bicyclic) bond motifs is 1. The molecule has 11 nitrogen and oxygen atoms in total. The number of hydrogen-bond donors (Lipinski definition) is 3. The average Bonchev–Trinajstić information content (AvgIpc) is 3.27. The van der Waals surface area contributed by atoms with Gasteiger partial charge < -0.3 is 25.9 Å². The number of carbonyl (C=O) groups excluding carboxylic acids is 4. The van der Waals surface area contributed by atoms with Crippen molar-refractivity contribution in [3.05, 3.63) is 41.6 Å². The van der Waals surface area contributed by atoms with Gasteiger partial charge in [-0.25, -0.2) is 4.79 Å². The van der Waals surface area contributed by atoms with Gasteiger partial charge >= 0.3 is 12.2 Å². The van der Waals surface area contributed by atoms with Crippen molar-refractivity contribution in [3.8, 4) is 0 Å². The van der Waals surface area contributed by atoms with Crippen molar-refractivity contribution in [3.63, 3.8) is 0 Å². The Bertz CT molecular complexity index is 1130. The van der Waals surface area contributed by atoms with E-state index in [1.165, 1.54) is 0 Å². The monoisotopic (exact) mass is 512 g/mol. The first-order valence-electron chi connectivity index (χ1n) is 12.5.